The molecule has 1 fully saturated rings. The molecule has 19 heavy (non-hydrogen) atoms. The average Bonchev–Trinajstić information content (AvgIpc) is 2.99. The van der Waals surface area contributed by atoms with E-state index in [1.165, 1.54) is 11.0 Å². The predicted molar refractivity (Wildman–Crippen MR) is 63.2 cm³/mol. The van der Waals surface area contributed by atoms with Crippen molar-refractivity contribution in [2.45, 2.75) is 12.5 Å². The molecule has 1 saturated heterocycles. The molecule has 8 heteroatoms. The van der Waals surface area contributed by atoms with Gasteiger partial charge in [0.15, 0.2) is 0 Å². The normalized spacial score (nSPS) is 22.2. The molecule has 1 aromatic carbocycles. The number of benzene rings is 1. The Labute approximate surface area is 107 Å². The molecular formula is C11H10N6O2. The number of aromatic nitrogens is 4. The molecule has 3 amide bonds. The smallest absolute Gasteiger partial charge is 0.320 e. The van der Waals surface area contributed by atoms with Gasteiger partial charge in [-0.3, -0.25) is 10.1 Å². The van der Waals surface area contributed by atoms with Crippen molar-refractivity contribution in [2.75, 3.05) is 0 Å². The molecule has 1 aliphatic heterocycles. The summed E-state index contributed by atoms with van der Waals surface area (Å²) in [5.74, 6) is -0.383. The number of tetrazole rings is 1. The van der Waals surface area contributed by atoms with Crippen LogP contribution in [0.4, 0.5) is 4.79 Å². The second kappa shape index (κ2) is 3.87. The topological polar surface area (TPSA) is 102 Å². The fourth-order valence-electron chi connectivity index (χ4n) is 1.99. The number of nitrogens with one attached hydrogen (secondary N) is 2. The summed E-state index contributed by atoms with van der Waals surface area (Å²) in [5.41, 5.74) is 0.280. The van der Waals surface area contributed by atoms with Crippen molar-refractivity contribution in [3.8, 4) is 5.69 Å². The number of urea groups is 1. The van der Waals surface area contributed by atoms with Gasteiger partial charge in [-0.2, -0.15) is 0 Å². The van der Waals surface area contributed by atoms with Crippen LogP contribution >= 0.6 is 0 Å². The Kier molecular flexibility index (Phi) is 2.31. The summed E-state index contributed by atoms with van der Waals surface area (Å²) in [6.45, 7) is 1.64. The van der Waals surface area contributed by atoms with Crippen LogP contribution in [0, 0.1) is 0 Å². The Hall–Kier alpha value is -2.77. The number of amides is 3. The third-order valence-corrected chi connectivity index (χ3v) is 3.08. The van der Waals surface area contributed by atoms with Crippen LogP contribution in [0.15, 0.2) is 30.6 Å². The molecule has 2 N–H and O–H groups in total. The van der Waals surface area contributed by atoms with Crippen molar-refractivity contribution in [3.05, 3.63) is 36.2 Å². The molecule has 0 saturated carbocycles. The highest BCUT2D eigenvalue weighted by molar-refractivity contribution is 6.07. The lowest BCUT2D eigenvalue weighted by atomic mass is 9.92. The zero-order valence-electron chi connectivity index (χ0n) is 9.99. The van der Waals surface area contributed by atoms with Crippen LogP contribution in [-0.4, -0.2) is 32.1 Å². The molecule has 0 radical (unpaired) electrons. The monoisotopic (exact) mass is 258 g/mol. The molecule has 0 unspecified atom stereocenters. The molecule has 1 aromatic heterocycles. The van der Waals surface area contributed by atoms with Crippen LogP contribution in [0.25, 0.3) is 5.69 Å². The summed E-state index contributed by atoms with van der Waals surface area (Å²) in [6, 6.07) is 6.59. The zero-order chi connectivity index (χ0) is 13.5. The highest BCUT2D eigenvalue weighted by Crippen LogP contribution is 2.25. The molecule has 3 rings (SSSR count). The summed E-state index contributed by atoms with van der Waals surface area (Å²) in [7, 11) is 0. The van der Waals surface area contributed by atoms with Gasteiger partial charge in [-0.1, -0.05) is 12.1 Å². The van der Waals surface area contributed by atoms with E-state index in [1.54, 1.807) is 31.2 Å². The minimum absolute atomic E-state index is 0.383. The molecule has 8 nitrogen and oxygen atoms in total. The quantitative estimate of drug-likeness (QED) is 0.721. The van der Waals surface area contributed by atoms with Crippen LogP contribution < -0.4 is 10.6 Å². The van der Waals surface area contributed by atoms with E-state index in [2.05, 4.69) is 26.2 Å². The van der Waals surface area contributed by atoms with Gasteiger partial charge in [-0.05, 0) is 35.0 Å². The molecule has 2 aromatic rings. The Balaban J connectivity index is 2.05. The van der Waals surface area contributed by atoms with Gasteiger partial charge in [0.1, 0.15) is 11.9 Å². The standard InChI is InChI=1S/C11H10N6O2/c1-11(9(18)13-10(19)14-11)7-3-2-4-8(5-7)17-6-12-15-16-17/h2-6H,1H3,(H2,13,14,18,19)/t11-/m1/s1. The van der Waals surface area contributed by atoms with Gasteiger partial charge in [0.05, 0.1) is 5.69 Å². The number of hydrogen-bond donors (Lipinski definition) is 2. The maximum Gasteiger partial charge on any atom is 0.322 e. The van der Waals surface area contributed by atoms with E-state index in [0.717, 1.165) is 0 Å². The van der Waals surface area contributed by atoms with E-state index in [9.17, 15) is 9.59 Å². The number of carbonyl (C=O) groups excluding carboxylic acids is 2. The van der Waals surface area contributed by atoms with Gasteiger partial charge in [-0.15, -0.1) is 5.10 Å². The van der Waals surface area contributed by atoms with Gasteiger partial charge in [-0.25, -0.2) is 9.48 Å². The Morgan fingerprint density at radius 3 is 2.79 bits per heavy atom. The second-order valence-corrected chi connectivity index (χ2v) is 4.34. The molecule has 0 aliphatic carbocycles. The number of rotatable bonds is 2. The number of hydrogen-bond acceptors (Lipinski definition) is 5. The molecule has 96 valence electrons. The molecule has 0 bridgehead atoms. The fraction of sp³-hybridized carbons (Fsp3) is 0.182. The van der Waals surface area contributed by atoms with Crippen LogP contribution in [0.1, 0.15) is 12.5 Å². The first-order valence-corrected chi connectivity index (χ1v) is 5.57. The second-order valence-electron chi connectivity index (χ2n) is 4.34. The third kappa shape index (κ3) is 1.73. The first-order valence-electron chi connectivity index (χ1n) is 5.57. The third-order valence-electron chi connectivity index (χ3n) is 3.08. The highest BCUT2D eigenvalue weighted by Gasteiger charge is 2.43. The minimum Gasteiger partial charge on any atom is -0.320 e. The summed E-state index contributed by atoms with van der Waals surface area (Å²) in [6.07, 6.45) is 1.45. The lowest BCUT2D eigenvalue weighted by Gasteiger charge is -2.21. The summed E-state index contributed by atoms with van der Waals surface area (Å²) < 4.78 is 1.47. The van der Waals surface area contributed by atoms with Crippen molar-refractivity contribution >= 4 is 11.9 Å². The summed E-state index contributed by atoms with van der Waals surface area (Å²) in [4.78, 5) is 23.1. The van der Waals surface area contributed by atoms with Crippen molar-refractivity contribution in [3.63, 3.8) is 0 Å². The van der Waals surface area contributed by atoms with E-state index in [1.807, 2.05) is 0 Å². The van der Waals surface area contributed by atoms with Crippen LogP contribution in [0.3, 0.4) is 0 Å². The summed E-state index contributed by atoms with van der Waals surface area (Å²) >= 11 is 0. The predicted octanol–water partition coefficient (Wildman–Crippen LogP) is -0.283. The fourth-order valence-corrected chi connectivity index (χ4v) is 1.99. The maximum absolute atomic E-state index is 11.9. The van der Waals surface area contributed by atoms with Crippen molar-refractivity contribution in [1.29, 1.82) is 0 Å². The van der Waals surface area contributed by atoms with E-state index in [-0.39, 0.29) is 5.91 Å². The van der Waals surface area contributed by atoms with E-state index in [4.69, 9.17) is 0 Å². The Morgan fingerprint density at radius 2 is 2.16 bits per heavy atom. The SMILES string of the molecule is C[C@]1(c2cccc(-n3cnnn3)c2)NC(=O)NC1=O. The highest BCUT2D eigenvalue weighted by atomic mass is 16.2. The van der Waals surface area contributed by atoms with Gasteiger partial charge in [0, 0.05) is 0 Å². The van der Waals surface area contributed by atoms with Crippen molar-refractivity contribution in [2.24, 2.45) is 0 Å². The maximum atomic E-state index is 11.9. The van der Waals surface area contributed by atoms with E-state index in [0.29, 0.717) is 11.3 Å². The Bertz CT molecular complexity index is 653. The van der Waals surface area contributed by atoms with Gasteiger partial charge in [0.25, 0.3) is 5.91 Å². The van der Waals surface area contributed by atoms with Crippen LogP contribution in [0.5, 0.6) is 0 Å². The largest absolute Gasteiger partial charge is 0.322 e. The number of carbonyl (C=O) groups is 2. The molecule has 1 atom stereocenters. The first kappa shape index (κ1) is 11.3. The number of imide groups is 1. The van der Waals surface area contributed by atoms with Crippen LogP contribution in [-0.2, 0) is 10.3 Å². The van der Waals surface area contributed by atoms with Crippen molar-refractivity contribution in [1.82, 2.24) is 30.8 Å². The lowest BCUT2D eigenvalue weighted by molar-refractivity contribution is -0.123. The van der Waals surface area contributed by atoms with Crippen molar-refractivity contribution < 1.29 is 9.59 Å². The minimum atomic E-state index is -1.08. The Morgan fingerprint density at radius 1 is 1.32 bits per heavy atom. The van der Waals surface area contributed by atoms with Gasteiger partial charge >= 0.3 is 6.03 Å². The lowest BCUT2D eigenvalue weighted by Crippen LogP contribution is -2.40. The average molecular weight is 258 g/mol. The zero-order valence-corrected chi connectivity index (χ0v) is 9.99. The summed E-state index contributed by atoms with van der Waals surface area (Å²) in [5, 5.41) is 15.7. The molecular weight excluding hydrogens is 248 g/mol. The van der Waals surface area contributed by atoms with E-state index >= 15 is 0 Å². The first-order chi connectivity index (χ1) is 9.09. The van der Waals surface area contributed by atoms with Gasteiger partial charge in [0.2, 0.25) is 0 Å². The molecule has 2 heterocycles. The number of nitrogens with zero attached hydrogens (tertiary/aromatic N) is 4. The van der Waals surface area contributed by atoms with Gasteiger partial charge < -0.3 is 5.32 Å². The molecule has 1 aliphatic rings. The van der Waals surface area contributed by atoms with E-state index < -0.39 is 11.6 Å². The van der Waals surface area contributed by atoms with Crippen LogP contribution in [0.2, 0.25) is 0 Å². The molecule has 0 spiro atoms.